The Morgan fingerprint density at radius 2 is 1.87 bits per heavy atom. The van der Waals surface area contributed by atoms with Crippen LogP contribution < -0.4 is 0 Å². The van der Waals surface area contributed by atoms with Crippen molar-refractivity contribution in [2.24, 2.45) is 0 Å². The van der Waals surface area contributed by atoms with Crippen molar-refractivity contribution in [2.75, 3.05) is 13.1 Å². The van der Waals surface area contributed by atoms with E-state index in [-0.39, 0.29) is 10.8 Å². The summed E-state index contributed by atoms with van der Waals surface area (Å²) in [6.45, 7) is 2.79. The van der Waals surface area contributed by atoms with Crippen LogP contribution in [0, 0.1) is 6.92 Å². The van der Waals surface area contributed by atoms with Crippen LogP contribution in [-0.4, -0.2) is 40.9 Å². The summed E-state index contributed by atoms with van der Waals surface area (Å²) in [6, 6.07) is 16.8. The lowest BCUT2D eigenvalue weighted by Crippen LogP contribution is -2.39. The van der Waals surface area contributed by atoms with Gasteiger partial charge in [-0.15, -0.1) is 0 Å². The summed E-state index contributed by atoms with van der Waals surface area (Å²) in [5.74, 6) is 0.859. The third kappa shape index (κ3) is 3.73. The fourth-order valence-electron chi connectivity index (χ4n) is 4.01. The second-order valence-electron chi connectivity index (χ2n) is 7.86. The third-order valence-electron chi connectivity index (χ3n) is 5.70. The first-order chi connectivity index (χ1) is 15.0. The number of nitrogens with zero attached hydrogens (tertiary/aromatic N) is 4. The van der Waals surface area contributed by atoms with Gasteiger partial charge in [0.1, 0.15) is 4.90 Å². The number of hydrogen-bond donors (Lipinski definition) is 0. The number of aromatic nitrogens is 3. The topological polar surface area (TPSA) is 89.2 Å². The van der Waals surface area contributed by atoms with E-state index in [0.717, 1.165) is 29.4 Å². The summed E-state index contributed by atoms with van der Waals surface area (Å²) < 4.78 is 34.0. The minimum Gasteiger partial charge on any atom is -0.339 e. The van der Waals surface area contributed by atoms with Crippen molar-refractivity contribution >= 4 is 20.9 Å². The zero-order valence-electron chi connectivity index (χ0n) is 17.1. The first-order valence-corrected chi connectivity index (χ1v) is 11.7. The van der Waals surface area contributed by atoms with Crippen LogP contribution in [0.3, 0.4) is 0 Å². The maximum absolute atomic E-state index is 13.5. The Morgan fingerprint density at radius 3 is 2.71 bits per heavy atom. The normalized spacial score (nSPS) is 17.8. The standard InChI is InChI=1S/C23H22N4O3S/c1-16-9-11-18(12-10-16)22-25-23(30-26-22)19-7-4-14-27(15-19)31(28,29)20-8-2-5-17-6-3-13-24-21(17)20/h2-3,5-6,8-13,19H,4,7,14-15H2,1H3. The van der Waals surface area contributed by atoms with Gasteiger partial charge in [-0.2, -0.15) is 9.29 Å². The van der Waals surface area contributed by atoms with Gasteiger partial charge in [0.05, 0.1) is 11.4 Å². The van der Waals surface area contributed by atoms with Crippen molar-refractivity contribution in [1.82, 2.24) is 19.4 Å². The molecule has 0 aliphatic carbocycles. The van der Waals surface area contributed by atoms with Crippen LogP contribution in [0.15, 0.2) is 70.2 Å². The molecular formula is C23H22N4O3S. The molecule has 31 heavy (non-hydrogen) atoms. The molecule has 0 saturated carbocycles. The predicted molar refractivity (Wildman–Crippen MR) is 117 cm³/mol. The molecule has 8 heteroatoms. The molecule has 7 nitrogen and oxygen atoms in total. The number of fused-ring (bicyclic) bond motifs is 1. The van der Waals surface area contributed by atoms with Crippen molar-refractivity contribution in [3.05, 3.63) is 72.2 Å². The van der Waals surface area contributed by atoms with E-state index in [1.807, 2.05) is 43.3 Å². The minimum absolute atomic E-state index is 0.141. The van der Waals surface area contributed by atoms with Crippen LogP contribution >= 0.6 is 0 Å². The summed E-state index contributed by atoms with van der Waals surface area (Å²) in [6.07, 6.45) is 3.14. The fraction of sp³-hybridized carbons (Fsp3) is 0.261. The van der Waals surface area contributed by atoms with E-state index in [9.17, 15) is 8.42 Å². The molecule has 4 aromatic rings. The molecule has 5 rings (SSSR count). The lowest BCUT2D eigenvalue weighted by molar-refractivity contribution is 0.266. The number of benzene rings is 2. The van der Waals surface area contributed by atoms with Gasteiger partial charge in [0, 0.05) is 30.2 Å². The summed E-state index contributed by atoms with van der Waals surface area (Å²) >= 11 is 0. The molecule has 0 bridgehead atoms. The second-order valence-corrected chi connectivity index (χ2v) is 9.76. The fourth-order valence-corrected chi connectivity index (χ4v) is 5.70. The quantitative estimate of drug-likeness (QED) is 0.479. The largest absolute Gasteiger partial charge is 0.339 e. The van der Waals surface area contributed by atoms with Crippen molar-refractivity contribution in [3.8, 4) is 11.4 Å². The van der Waals surface area contributed by atoms with E-state index in [1.165, 1.54) is 4.31 Å². The first-order valence-electron chi connectivity index (χ1n) is 10.3. The highest BCUT2D eigenvalue weighted by atomic mass is 32.2. The molecule has 0 spiro atoms. The maximum Gasteiger partial charge on any atom is 0.245 e. The van der Waals surface area contributed by atoms with E-state index >= 15 is 0 Å². The Hall–Kier alpha value is -3.10. The molecule has 2 aromatic heterocycles. The zero-order valence-corrected chi connectivity index (χ0v) is 17.9. The first kappa shape index (κ1) is 19.8. The lowest BCUT2D eigenvalue weighted by atomic mass is 10.00. The lowest BCUT2D eigenvalue weighted by Gasteiger charge is -2.30. The van der Waals surface area contributed by atoms with Crippen LogP contribution in [0.5, 0.6) is 0 Å². The molecule has 3 heterocycles. The molecule has 0 amide bonds. The molecule has 2 aromatic carbocycles. The highest BCUT2D eigenvalue weighted by Gasteiger charge is 2.34. The molecule has 158 valence electrons. The summed E-state index contributed by atoms with van der Waals surface area (Å²) in [5.41, 5.74) is 2.53. The maximum atomic E-state index is 13.5. The number of rotatable bonds is 4. The molecular weight excluding hydrogens is 412 g/mol. The molecule has 0 radical (unpaired) electrons. The number of sulfonamides is 1. The van der Waals surface area contributed by atoms with Gasteiger partial charge >= 0.3 is 0 Å². The number of aryl methyl sites for hydroxylation is 1. The average Bonchev–Trinajstić information content (AvgIpc) is 3.29. The van der Waals surface area contributed by atoms with Crippen LogP contribution in [-0.2, 0) is 10.0 Å². The van der Waals surface area contributed by atoms with E-state index in [0.29, 0.717) is 30.3 Å². The SMILES string of the molecule is Cc1ccc(-c2noc(C3CCCN(S(=O)(=O)c4cccc5cccnc45)C3)n2)cc1. The highest BCUT2D eigenvalue weighted by Crippen LogP contribution is 2.32. The van der Waals surface area contributed by atoms with Crippen LogP contribution in [0.25, 0.3) is 22.3 Å². The Bertz CT molecular complexity index is 1330. The molecule has 1 aliphatic rings. The molecule has 1 unspecified atom stereocenters. The van der Waals surface area contributed by atoms with Gasteiger partial charge in [0.25, 0.3) is 0 Å². The van der Waals surface area contributed by atoms with Crippen LogP contribution in [0.4, 0.5) is 0 Å². The van der Waals surface area contributed by atoms with Gasteiger partial charge < -0.3 is 4.52 Å². The van der Waals surface area contributed by atoms with Crippen molar-refractivity contribution in [1.29, 1.82) is 0 Å². The van der Waals surface area contributed by atoms with Crippen LogP contribution in [0.1, 0.15) is 30.2 Å². The van der Waals surface area contributed by atoms with E-state index in [1.54, 1.807) is 24.4 Å². The third-order valence-corrected chi connectivity index (χ3v) is 7.60. The molecule has 1 saturated heterocycles. The molecule has 1 aliphatic heterocycles. The van der Waals surface area contributed by atoms with E-state index < -0.39 is 10.0 Å². The van der Waals surface area contributed by atoms with E-state index in [2.05, 4.69) is 15.1 Å². The average molecular weight is 435 g/mol. The summed E-state index contributed by atoms with van der Waals surface area (Å²) in [4.78, 5) is 9.11. The molecule has 1 atom stereocenters. The van der Waals surface area contributed by atoms with Crippen molar-refractivity contribution < 1.29 is 12.9 Å². The van der Waals surface area contributed by atoms with Crippen LogP contribution in [0.2, 0.25) is 0 Å². The minimum atomic E-state index is -3.70. The summed E-state index contributed by atoms with van der Waals surface area (Å²) in [5, 5.41) is 4.92. The highest BCUT2D eigenvalue weighted by molar-refractivity contribution is 7.89. The van der Waals surface area contributed by atoms with Gasteiger partial charge in [-0.1, -0.05) is 53.2 Å². The Morgan fingerprint density at radius 1 is 1.06 bits per heavy atom. The van der Waals surface area contributed by atoms with Crippen molar-refractivity contribution in [3.63, 3.8) is 0 Å². The van der Waals surface area contributed by atoms with Gasteiger partial charge in [-0.3, -0.25) is 4.98 Å². The Balaban J connectivity index is 1.42. The number of hydrogen-bond acceptors (Lipinski definition) is 6. The monoisotopic (exact) mass is 434 g/mol. The zero-order chi connectivity index (χ0) is 21.4. The van der Waals surface area contributed by atoms with E-state index in [4.69, 9.17) is 4.52 Å². The second kappa shape index (κ2) is 7.86. The van der Waals surface area contributed by atoms with Gasteiger partial charge in [0.15, 0.2) is 0 Å². The number of piperidine rings is 1. The van der Waals surface area contributed by atoms with Gasteiger partial charge in [-0.25, -0.2) is 8.42 Å². The summed E-state index contributed by atoms with van der Waals surface area (Å²) in [7, 11) is -3.70. The van der Waals surface area contributed by atoms with Gasteiger partial charge in [-0.05, 0) is 31.9 Å². The number of pyridine rings is 1. The Labute approximate surface area is 180 Å². The molecule has 1 fully saturated rings. The predicted octanol–water partition coefficient (Wildman–Crippen LogP) is 4.16. The van der Waals surface area contributed by atoms with Gasteiger partial charge in [0.2, 0.25) is 21.7 Å². The smallest absolute Gasteiger partial charge is 0.245 e. The molecule has 0 N–H and O–H groups in total. The number of para-hydroxylation sites is 1. The van der Waals surface area contributed by atoms with Crippen molar-refractivity contribution in [2.45, 2.75) is 30.6 Å². The Kier molecular flexibility index (Phi) is 5.03.